The number of ether oxygens (including phenoxy) is 1. The molecule has 1 aliphatic heterocycles. The molecular weight excluding hydrogens is 342 g/mol. The number of aliphatic hydroxyl groups excluding tert-OH is 1. The van der Waals surface area contributed by atoms with Crippen LogP contribution in [-0.4, -0.2) is 87.5 Å². The van der Waals surface area contributed by atoms with Crippen LogP contribution in [0.3, 0.4) is 0 Å². The Morgan fingerprint density at radius 2 is 1.96 bits per heavy atom. The van der Waals surface area contributed by atoms with E-state index in [4.69, 9.17) is 4.74 Å². The summed E-state index contributed by atoms with van der Waals surface area (Å²) in [6, 6.07) is 7.75. The van der Waals surface area contributed by atoms with Gasteiger partial charge in [-0.25, -0.2) is 0 Å². The number of carbonyl (C=O) groups excluding carboxylic acids is 1. The first-order chi connectivity index (χ1) is 12.8. The third kappa shape index (κ3) is 4.13. The summed E-state index contributed by atoms with van der Waals surface area (Å²) in [6.07, 6.45) is 2.13. The molecule has 2 fully saturated rings. The van der Waals surface area contributed by atoms with Crippen LogP contribution in [0.2, 0.25) is 0 Å². The number of hydrogen-bond acceptors (Lipinski definition) is 5. The van der Waals surface area contributed by atoms with Gasteiger partial charge in [-0.15, -0.1) is 0 Å². The Hall–Kier alpha value is -1.63. The zero-order valence-electron chi connectivity index (χ0n) is 17.0. The van der Waals surface area contributed by atoms with Gasteiger partial charge in [-0.2, -0.15) is 0 Å². The molecule has 1 saturated carbocycles. The van der Waals surface area contributed by atoms with Crippen LogP contribution in [0, 0.1) is 5.41 Å². The molecule has 0 radical (unpaired) electrons. The molecule has 3 rings (SSSR count). The number of aliphatic hydroxyl groups is 1. The minimum atomic E-state index is -0.309. The Bertz CT molecular complexity index is 654. The summed E-state index contributed by atoms with van der Waals surface area (Å²) >= 11 is 0. The standard InChI is InChI=1S/C21H33N3O3/c1-22(2)12-13-27-19-15-18(25)21(19)8-10-24(11-9-21)20(26)16-6-5-7-17(14-16)23(3)4/h5-7,14,18-19,25H,8-13,15H2,1-4H3/t18-,19+/m0/s1. The lowest BCUT2D eigenvalue weighted by Gasteiger charge is -2.56. The topological polar surface area (TPSA) is 56.3 Å². The number of likely N-dealkylation sites (tertiary alicyclic amines) is 1. The van der Waals surface area contributed by atoms with Gasteiger partial charge in [-0.05, 0) is 45.1 Å². The van der Waals surface area contributed by atoms with Crippen molar-refractivity contribution in [3.8, 4) is 0 Å². The molecule has 150 valence electrons. The normalized spacial score (nSPS) is 24.1. The van der Waals surface area contributed by atoms with Gasteiger partial charge in [0.05, 0.1) is 18.8 Å². The van der Waals surface area contributed by atoms with E-state index >= 15 is 0 Å². The van der Waals surface area contributed by atoms with Crippen LogP contribution in [0.15, 0.2) is 24.3 Å². The van der Waals surface area contributed by atoms with Gasteiger partial charge in [-0.3, -0.25) is 4.79 Å². The molecule has 27 heavy (non-hydrogen) atoms. The predicted molar refractivity (Wildman–Crippen MR) is 107 cm³/mol. The molecule has 0 aromatic heterocycles. The van der Waals surface area contributed by atoms with Gasteiger partial charge in [0.25, 0.3) is 5.91 Å². The van der Waals surface area contributed by atoms with E-state index in [0.29, 0.717) is 26.1 Å². The van der Waals surface area contributed by atoms with Gasteiger partial charge in [0.2, 0.25) is 0 Å². The summed E-state index contributed by atoms with van der Waals surface area (Å²) in [5.41, 5.74) is 1.58. The smallest absolute Gasteiger partial charge is 0.253 e. The van der Waals surface area contributed by atoms with Crippen LogP contribution in [-0.2, 0) is 4.74 Å². The van der Waals surface area contributed by atoms with Crippen molar-refractivity contribution in [3.63, 3.8) is 0 Å². The highest BCUT2D eigenvalue weighted by atomic mass is 16.5. The average Bonchev–Trinajstić information content (AvgIpc) is 2.66. The Labute approximate surface area is 162 Å². The van der Waals surface area contributed by atoms with E-state index in [-0.39, 0.29) is 23.5 Å². The molecule has 1 aromatic rings. The maximum Gasteiger partial charge on any atom is 0.253 e. The first-order valence-electron chi connectivity index (χ1n) is 9.84. The summed E-state index contributed by atoms with van der Waals surface area (Å²) in [6.45, 7) is 2.92. The molecule has 6 nitrogen and oxygen atoms in total. The second-order valence-corrected chi connectivity index (χ2v) is 8.38. The molecule has 2 aliphatic rings. The fourth-order valence-electron chi connectivity index (χ4n) is 4.22. The molecule has 1 aliphatic carbocycles. The van der Waals surface area contributed by atoms with Crippen LogP contribution < -0.4 is 4.90 Å². The third-order valence-corrected chi connectivity index (χ3v) is 6.19. The van der Waals surface area contributed by atoms with Gasteiger partial charge >= 0.3 is 0 Å². The highest BCUT2D eigenvalue weighted by molar-refractivity contribution is 5.95. The van der Waals surface area contributed by atoms with E-state index in [9.17, 15) is 9.90 Å². The lowest BCUT2D eigenvalue weighted by Crippen LogP contribution is -2.63. The number of piperidine rings is 1. The lowest BCUT2D eigenvalue weighted by molar-refractivity contribution is -0.209. The van der Waals surface area contributed by atoms with Gasteiger partial charge in [0.1, 0.15) is 0 Å². The molecular formula is C21H33N3O3. The quantitative estimate of drug-likeness (QED) is 0.820. The number of carbonyl (C=O) groups is 1. The van der Waals surface area contributed by atoms with Crippen LogP contribution in [0.4, 0.5) is 5.69 Å². The first kappa shape index (κ1) is 20.1. The Kier molecular flexibility index (Phi) is 6.08. The maximum atomic E-state index is 12.9. The SMILES string of the molecule is CN(C)CCO[C@@H]1C[C@H](O)C12CCN(C(=O)c1cccc(N(C)C)c1)CC2. The Morgan fingerprint density at radius 1 is 1.26 bits per heavy atom. The van der Waals surface area contributed by atoms with Crippen molar-refractivity contribution in [2.45, 2.75) is 31.5 Å². The number of rotatable bonds is 6. The van der Waals surface area contributed by atoms with Gasteiger partial charge in [0.15, 0.2) is 0 Å². The number of likely N-dealkylation sites (N-methyl/N-ethyl adjacent to an activating group) is 1. The molecule has 1 amide bonds. The van der Waals surface area contributed by atoms with Crippen molar-refractivity contribution < 1.29 is 14.6 Å². The minimum Gasteiger partial charge on any atom is -0.392 e. The van der Waals surface area contributed by atoms with Crippen LogP contribution >= 0.6 is 0 Å². The zero-order valence-corrected chi connectivity index (χ0v) is 17.0. The van der Waals surface area contributed by atoms with Crippen LogP contribution in [0.25, 0.3) is 0 Å². The number of nitrogens with zero attached hydrogens (tertiary/aromatic N) is 3. The summed E-state index contributed by atoms with van der Waals surface area (Å²) in [5.74, 6) is 0.0763. The Balaban J connectivity index is 1.59. The second-order valence-electron chi connectivity index (χ2n) is 8.38. The maximum absolute atomic E-state index is 12.9. The fourth-order valence-corrected chi connectivity index (χ4v) is 4.22. The molecule has 6 heteroatoms. The highest BCUT2D eigenvalue weighted by Gasteiger charge is 2.56. The molecule has 2 atom stereocenters. The van der Waals surface area contributed by atoms with E-state index in [0.717, 1.165) is 30.6 Å². The average molecular weight is 376 g/mol. The zero-order chi connectivity index (χ0) is 19.6. The van der Waals surface area contributed by atoms with Gasteiger partial charge in [-0.1, -0.05) is 6.07 Å². The van der Waals surface area contributed by atoms with Crippen LogP contribution in [0.5, 0.6) is 0 Å². The van der Waals surface area contributed by atoms with Gasteiger partial charge in [0, 0.05) is 56.8 Å². The Morgan fingerprint density at radius 3 is 2.56 bits per heavy atom. The first-order valence-corrected chi connectivity index (χ1v) is 9.84. The number of benzene rings is 1. The van der Waals surface area contributed by atoms with E-state index in [2.05, 4.69) is 4.90 Å². The van der Waals surface area contributed by atoms with E-state index in [1.807, 2.05) is 62.3 Å². The van der Waals surface area contributed by atoms with Gasteiger partial charge < -0.3 is 24.5 Å². The second kappa shape index (κ2) is 8.17. The van der Waals surface area contributed by atoms with Crippen molar-refractivity contribution in [3.05, 3.63) is 29.8 Å². The monoisotopic (exact) mass is 375 g/mol. The number of amides is 1. The predicted octanol–water partition coefficient (Wildman–Crippen LogP) is 1.69. The van der Waals surface area contributed by atoms with E-state index in [1.165, 1.54) is 0 Å². The molecule has 1 N–H and O–H groups in total. The minimum absolute atomic E-state index is 0.0763. The number of hydrogen-bond donors (Lipinski definition) is 1. The van der Waals surface area contributed by atoms with Crippen molar-refractivity contribution >= 4 is 11.6 Å². The van der Waals surface area contributed by atoms with Crippen molar-refractivity contribution in [2.75, 3.05) is 59.3 Å². The molecule has 1 spiro atoms. The molecule has 0 unspecified atom stereocenters. The van der Waals surface area contributed by atoms with Crippen LogP contribution in [0.1, 0.15) is 29.6 Å². The summed E-state index contributed by atoms with van der Waals surface area (Å²) in [5, 5.41) is 10.4. The third-order valence-electron chi connectivity index (χ3n) is 6.19. The summed E-state index contributed by atoms with van der Waals surface area (Å²) in [4.78, 5) is 18.9. The molecule has 1 aromatic carbocycles. The highest BCUT2D eigenvalue weighted by Crippen LogP contribution is 2.51. The van der Waals surface area contributed by atoms with E-state index in [1.54, 1.807) is 0 Å². The lowest BCUT2D eigenvalue weighted by atomic mass is 9.58. The fraction of sp³-hybridized carbons (Fsp3) is 0.667. The molecule has 0 bridgehead atoms. The summed E-state index contributed by atoms with van der Waals surface area (Å²) in [7, 11) is 8.01. The summed E-state index contributed by atoms with van der Waals surface area (Å²) < 4.78 is 6.06. The molecule has 1 saturated heterocycles. The molecule has 1 heterocycles. The van der Waals surface area contributed by atoms with E-state index < -0.39 is 0 Å². The van der Waals surface area contributed by atoms with Crippen molar-refractivity contribution in [1.29, 1.82) is 0 Å². The number of anilines is 1. The largest absolute Gasteiger partial charge is 0.392 e. The van der Waals surface area contributed by atoms with Crippen molar-refractivity contribution in [2.24, 2.45) is 5.41 Å². The van der Waals surface area contributed by atoms with Crippen molar-refractivity contribution in [1.82, 2.24) is 9.80 Å².